The highest BCUT2D eigenvalue weighted by atomic mass is 19.1. The molecular formula is C20H19FN4O. The van der Waals surface area contributed by atoms with Crippen LogP contribution in [0.2, 0.25) is 0 Å². The smallest absolute Gasteiger partial charge is 0.254 e. The number of anilines is 1. The number of pyridine rings is 1. The van der Waals surface area contributed by atoms with Crippen molar-refractivity contribution in [3.63, 3.8) is 0 Å². The number of rotatable bonds is 3. The molecule has 1 amide bonds. The van der Waals surface area contributed by atoms with Crippen LogP contribution in [0, 0.1) is 5.82 Å². The van der Waals surface area contributed by atoms with Gasteiger partial charge in [-0.3, -0.25) is 4.79 Å². The van der Waals surface area contributed by atoms with Gasteiger partial charge in [-0.2, -0.15) is 0 Å². The van der Waals surface area contributed by atoms with Crippen molar-refractivity contribution in [2.45, 2.75) is 6.42 Å². The molecule has 0 unspecified atom stereocenters. The summed E-state index contributed by atoms with van der Waals surface area (Å²) in [6.07, 6.45) is 6.61. The zero-order valence-corrected chi connectivity index (χ0v) is 14.4. The van der Waals surface area contributed by atoms with Gasteiger partial charge in [0, 0.05) is 49.0 Å². The summed E-state index contributed by atoms with van der Waals surface area (Å²) >= 11 is 0. The van der Waals surface area contributed by atoms with Gasteiger partial charge in [-0.1, -0.05) is 6.08 Å². The minimum atomic E-state index is -0.244. The van der Waals surface area contributed by atoms with E-state index in [0.29, 0.717) is 17.9 Å². The minimum Gasteiger partial charge on any atom is -0.360 e. The Morgan fingerprint density at radius 3 is 3.00 bits per heavy atom. The number of amides is 1. The lowest BCUT2D eigenvalue weighted by Crippen LogP contribution is -2.32. The zero-order valence-electron chi connectivity index (χ0n) is 14.4. The summed E-state index contributed by atoms with van der Waals surface area (Å²) in [4.78, 5) is 21.7. The lowest BCUT2D eigenvalue weighted by molar-refractivity contribution is 0.0963. The topological polar surface area (TPSA) is 61.0 Å². The van der Waals surface area contributed by atoms with E-state index in [0.717, 1.165) is 29.4 Å². The lowest BCUT2D eigenvalue weighted by Gasteiger charge is -2.28. The maximum absolute atomic E-state index is 13.4. The minimum absolute atomic E-state index is 0.137. The highest BCUT2D eigenvalue weighted by Crippen LogP contribution is 2.31. The van der Waals surface area contributed by atoms with E-state index in [9.17, 15) is 9.18 Å². The molecule has 5 nitrogen and oxygen atoms in total. The van der Waals surface area contributed by atoms with Crippen LogP contribution >= 0.6 is 0 Å². The van der Waals surface area contributed by atoms with Gasteiger partial charge >= 0.3 is 0 Å². The fraction of sp³-hybridized carbons (Fsp3) is 0.200. The molecule has 3 aromatic rings. The van der Waals surface area contributed by atoms with Gasteiger partial charge in [-0.15, -0.1) is 0 Å². The zero-order chi connectivity index (χ0) is 18.1. The van der Waals surface area contributed by atoms with E-state index in [1.54, 1.807) is 25.4 Å². The fourth-order valence-electron chi connectivity index (χ4n) is 3.43. The van der Waals surface area contributed by atoms with Gasteiger partial charge in [-0.05, 0) is 42.3 Å². The molecule has 0 saturated heterocycles. The van der Waals surface area contributed by atoms with Gasteiger partial charge in [-0.25, -0.2) is 9.37 Å². The van der Waals surface area contributed by atoms with Crippen LogP contribution in [0.25, 0.3) is 16.5 Å². The van der Waals surface area contributed by atoms with E-state index in [2.05, 4.69) is 26.3 Å². The number of nitrogens with one attached hydrogen (secondary N) is 2. The van der Waals surface area contributed by atoms with Crippen molar-refractivity contribution in [3.05, 3.63) is 65.7 Å². The number of carbonyl (C=O) groups excluding carboxylic acids is 1. The van der Waals surface area contributed by atoms with E-state index in [1.807, 2.05) is 12.3 Å². The molecule has 1 aliphatic heterocycles. The molecule has 0 aliphatic carbocycles. The van der Waals surface area contributed by atoms with Crippen LogP contribution in [0.4, 0.5) is 10.2 Å². The summed E-state index contributed by atoms with van der Waals surface area (Å²) in [5, 5.41) is 3.68. The number of halogens is 1. The van der Waals surface area contributed by atoms with Crippen molar-refractivity contribution < 1.29 is 9.18 Å². The third-order valence-electron chi connectivity index (χ3n) is 4.76. The predicted molar refractivity (Wildman–Crippen MR) is 101 cm³/mol. The standard InChI is InChI=1S/C20H19FN4O/c1-22-20(26)16-3-2-8-23-19(16)25-9-6-13(7-10-25)17-12-24-18-11-14(21)4-5-15(17)18/h2-6,8,11-12,24H,7,9-10H2,1H3,(H,22,26). The Morgan fingerprint density at radius 2 is 2.23 bits per heavy atom. The summed E-state index contributed by atoms with van der Waals surface area (Å²) < 4.78 is 13.4. The molecule has 0 atom stereocenters. The Labute approximate surface area is 150 Å². The number of aromatic nitrogens is 2. The molecule has 3 heterocycles. The third kappa shape index (κ3) is 2.83. The van der Waals surface area contributed by atoms with Crippen LogP contribution < -0.4 is 10.2 Å². The van der Waals surface area contributed by atoms with E-state index in [-0.39, 0.29) is 11.7 Å². The van der Waals surface area contributed by atoms with Crippen molar-refractivity contribution in [2.24, 2.45) is 0 Å². The molecule has 0 bridgehead atoms. The van der Waals surface area contributed by atoms with E-state index < -0.39 is 0 Å². The first-order valence-corrected chi connectivity index (χ1v) is 8.55. The SMILES string of the molecule is CNC(=O)c1cccnc1N1CC=C(c2c[nH]c3cc(F)ccc23)CC1. The number of aromatic amines is 1. The largest absolute Gasteiger partial charge is 0.360 e. The van der Waals surface area contributed by atoms with Crippen molar-refractivity contribution >= 4 is 28.2 Å². The first kappa shape index (κ1) is 16.3. The van der Waals surface area contributed by atoms with Crippen molar-refractivity contribution in [2.75, 3.05) is 25.0 Å². The summed E-state index contributed by atoms with van der Waals surface area (Å²) in [6, 6.07) is 8.36. The molecule has 1 aliphatic rings. The number of carbonyl (C=O) groups is 1. The number of H-pyrrole nitrogens is 1. The molecule has 2 aromatic heterocycles. The number of nitrogens with zero attached hydrogens (tertiary/aromatic N) is 2. The van der Waals surface area contributed by atoms with Crippen LogP contribution in [0.3, 0.4) is 0 Å². The number of hydrogen-bond acceptors (Lipinski definition) is 3. The molecule has 1 aromatic carbocycles. The average molecular weight is 350 g/mol. The average Bonchev–Trinajstić information content (AvgIpc) is 3.10. The van der Waals surface area contributed by atoms with Gasteiger partial charge in [0.2, 0.25) is 0 Å². The summed E-state index contributed by atoms with van der Waals surface area (Å²) in [5.74, 6) is 0.316. The maximum Gasteiger partial charge on any atom is 0.254 e. The van der Waals surface area contributed by atoms with Gasteiger partial charge in [0.05, 0.1) is 5.56 Å². The normalized spacial score (nSPS) is 14.4. The molecule has 26 heavy (non-hydrogen) atoms. The van der Waals surface area contributed by atoms with Crippen LogP contribution in [0.1, 0.15) is 22.3 Å². The molecular weight excluding hydrogens is 331 g/mol. The molecule has 0 radical (unpaired) electrons. The second-order valence-electron chi connectivity index (χ2n) is 6.27. The molecule has 4 rings (SSSR count). The Morgan fingerprint density at radius 1 is 1.35 bits per heavy atom. The molecule has 0 spiro atoms. The molecule has 0 fully saturated rings. The van der Waals surface area contributed by atoms with Crippen molar-refractivity contribution in [1.82, 2.24) is 15.3 Å². The van der Waals surface area contributed by atoms with Gasteiger partial charge in [0.15, 0.2) is 0 Å². The van der Waals surface area contributed by atoms with Crippen LogP contribution in [0.15, 0.2) is 48.8 Å². The van der Waals surface area contributed by atoms with Crippen LogP contribution in [-0.4, -0.2) is 36.0 Å². The van der Waals surface area contributed by atoms with Crippen molar-refractivity contribution in [1.29, 1.82) is 0 Å². The number of hydrogen-bond donors (Lipinski definition) is 2. The Bertz CT molecular complexity index is 1010. The van der Waals surface area contributed by atoms with E-state index >= 15 is 0 Å². The number of fused-ring (bicyclic) bond motifs is 1. The summed E-state index contributed by atoms with van der Waals surface area (Å²) in [7, 11) is 1.62. The van der Waals surface area contributed by atoms with Gasteiger partial charge < -0.3 is 15.2 Å². The fourth-order valence-corrected chi connectivity index (χ4v) is 3.43. The Hall–Kier alpha value is -3.15. The third-order valence-corrected chi connectivity index (χ3v) is 4.76. The van der Waals surface area contributed by atoms with E-state index in [4.69, 9.17) is 0 Å². The van der Waals surface area contributed by atoms with Crippen LogP contribution in [0.5, 0.6) is 0 Å². The second-order valence-corrected chi connectivity index (χ2v) is 6.27. The highest BCUT2D eigenvalue weighted by Gasteiger charge is 2.20. The number of benzene rings is 1. The second kappa shape index (κ2) is 6.63. The van der Waals surface area contributed by atoms with Crippen LogP contribution in [-0.2, 0) is 0 Å². The van der Waals surface area contributed by atoms with Crippen molar-refractivity contribution in [3.8, 4) is 0 Å². The molecule has 132 valence electrons. The molecule has 0 saturated carbocycles. The summed E-state index contributed by atoms with van der Waals surface area (Å²) in [5.41, 5.74) is 3.70. The molecule has 2 N–H and O–H groups in total. The molecule has 6 heteroatoms. The Kier molecular flexibility index (Phi) is 4.16. The van der Waals surface area contributed by atoms with E-state index in [1.165, 1.54) is 17.7 Å². The first-order chi connectivity index (χ1) is 12.7. The predicted octanol–water partition coefficient (Wildman–Crippen LogP) is 3.36. The van der Waals surface area contributed by atoms with Gasteiger partial charge in [0.25, 0.3) is 5.91 Å². The monoisotopic (exact) mass is 350 g/mol. The maximum atomic E-state index is 13.4. The Balaban J connectivity index is 1.62. The highest BCUT2D eigenvalue weighted by molar-refractivity contribution is 5.99. The first-order valence-electron chi connectivity index (χ1n) is 8.55. The summed E-state index contributed by atoms with van der Waals surface area (Å²) in [6.45, 7) is 1.44. The quantitative estimate of drug-likeness (QED) is 0.761. The van der Waals surface area contributed by atoms with Gasteiger partial charge in [0.1, 0.15) is 11.6 Å². The lowest BCUT2D eigenvalue weighted by atomic mass is 9.98.